The maximum absolute atomic E-state index is 12.9. The van der Waals surface area contributed by atoms with Crippen LogP contribution in [0.3, 0.4) is 0 Å². The van der Waals surface area contributed by atoms with Crippen LogP contribution in [0, 0.1) is 0 Å². The summed E-state index contributed by atoms with van der Waals surface area (Å²) in [6, 6.07) is 7.48. The predicted octanol–water partition coefficient (Wildman–Crippen LogP) is 3.00. The van der Waals surface area contributed by atoms with Gasteiger partial charge in [0.15, 0.2) is 5.82 Å². The normalized spacial score (nSPS) is 13.1. The summed E-state index contributed by atoms with van der Waals surface area (Å²) in [5, 5.41) is 22.8. The first-order valence-electron chi connectivity index (χ1n) is 11.2. The van der Waals surface area contributed by atoms with Gasteiger partial charge in [0.1, 0.15) is 5.75 Å². The van der Waals surface area contributed by atoms with Gasteiger partial charge < -0.3 is 14.8 Å². The number of aliphatic hydroxyl groups excluding tert-OH is 1. The van der Waals surface area contributed by atoms with E-state index in [2.05, 4.69) is 53.1 Å². The number of benzene rings is 1. The summed E-state index contributed by atoms with van der Waals surface area (Å²) in [6.07, 6.45) is 1.36. The standard InChI is InChI=1S/C23H34N6O3/c1-6-20(21-25-26-27-29(21)23(3,4)5)28(11-8-12-30)15-17-13-16-14-18(32-7-2)9-10-19(16)24-22(17)31/h9-10,13-14,20,30H,6-8,11-12,15H2,1-5H3,(H,24,31). The number of pyridine rings is 1. The fourth-order valence-electron chi connectivity index (χ4n) is 3.93. The van der Waals surface area contributed by atoms with Gasteiger partial charge >= 0.3 is 0 Å². The second kappa shape index (κ2) is 10.2. The Morgan fingerprint density at radius 2 is 2.03 bits per heavy atom. The molecule has 9 heteroatoms. The first-order valence-corrected chi connectivity index (χ1v) is 11.2. The van der Waals surface area contributed by atoms with Crippen LogP contribution in [0.25, 0.3) is 10.9 Å². The monoisotopic (exact) mass is 442 g/mol. The molecule has 32 heavy (non-hydrogen) atoms. The summed E-state index contributed by atoms with van der Waals surface area (Å²) in [6.45, 7) is 11.9. The largest absolute Gasteiger partial charge is 0.494 e. The SMILES string of the molecule is CCOc1ccc2[nH]c(=O)c(CN(CCCO)C(CC)c3nnnn3C(C)(C)C)cc2c1. The van der Waals surface area contributed by atoms with Gasteiger partial charge in [0.25, 0.3) is 5.56 Å². The topological polar surface area (TPSA) is 109 Å². The van der Waals surface area contributed by atoms with Crippen LogP contribution in [-0.2, 0) is 12.1 Å². The van der Waals surface area contributed by atoms with Crippen molar-refractivity contribution in [2.24, 2.45) is 0 Å². The maximum atomic E-state index is 12.9. The number of nitrogens with zero attached hydrogens (tertiary/aromatic N) is 5. The lowest BCUT2D eigenvalue weighted by molar-refractivity contribution is 0.146. The molecule has 1 atom stereocenters. The van der Waals surface area contributed by atoms with Gasteiger partial charge in [-0.3, -0.25) is 9.69 Å². The number of hydrogen-bond donors (Lipinski definition) is 2. The predicted molar refractivity (Wildman–Crippen MR) is 124 cm³/mol. The molecular formula is C23H34N6O3. The molecule has 9 nitrogen and oxygen atoms in total. The van der Waals surface area contributed by atoms with Crippen LogP contribution in [0.2, 0.25) is 0 Å². The third-order valence-corrected chi connectivity index (χ3v) is 5.44. The third-order valence-electron chi connectivity index (χ3n) is 5.44. The molecule has 174 valence electrons. The lowest BCUT2D eigenvalue weighted by Gasteiger charge is -2.32. The second-order valence-electron chi connectivity index (χ2n) is 8.90. The number of hydrogen-bond acceptors (Lipinski definition) is 7. The zero-order valence-electron chi connectivity index (χ0n) is 19.6. The molecule has 0 aliphatic rings. The molecule has 0 saturated carbocycles. The molecule has 1 unspecified atom stereocenters. The zero-order valence-corrected chi connectivity index (χ0v) is 19.6. The summed E-state index contributed by atoms with van der Waals surface area (Å²) in [7, 11) is 0. The van der Waals surface area contributed by atoms with Gasteiger partial charge in [-0.1, -0.05) is 6.92 Å². The Bertz CT molecular complexity index is 1090. The smallest absolute Gasteiger partial charge is 0.252 e. The molecule has 0 radical (unpaired) electrons. The van der Waals surface area contributed by atoms with Crippen molar-refractivity contribution in [3.05, 3.63) is 46.0 Å². The number of fused-ring (bicyclic) bond motifs is 1. The Morgan fingerprint density at radius 3 is 2.69 bits per heavy atom. The molecule has 0 fully saturated rings. The van der Waals surface area contributed by atoms with E-state index >= 15 is 0 Å². The van der Waals surface area contributed by atoms with Gasteiger partial charge in [0.05, 0.1) is 18.2 Å². The van der Waals surface area contributed by atoms with Crippen molar-refractivity contribution >= 4 is 10.9 Å². The number of H-pyrrole nitrogens is 1. The molecule has 2 N–H and O–H groups in total. The number of tetrazole rings is 1. The van der Waals surface area contributed by atoms with E-state index < -0.39 is 0 Å². The average molecular weight is 443 g/mol. The van der Waals surface area contributed by atoms with Crippen LogP contribution in [0.5, 0.6) is 5.75 Å². The molecule has 2 heterocycles. The maximum Gasteiger partial charge on any atom is 0.252 e. The minimum atomic E-state index is -0.273. The minimum absolute atomic E-state index is 0.0724. The number of aromatic nitrogens is 5. The summed E-state index contributed by atoms with van der Waals surface area (Å²) in [5.41, 5.74) is 1.02. The van der Waals surface area contributed by atoms with Gasteiger partial charge in [-0.25, -0.2) is 4.68 Å². The fraction of sp³-hybridized carbons (Fsp3) is 0.565. The lowest BCUT2D eigenvalue weighted by atomic mass is 10.1. The molecule has 0 bridgehead atoms. The van der Waals surface area contributed by atoms with Crippen LogP contribution < -0.4 is 10.3 Å². The van der Waals surface area contributed by atoms with Crippen molar-refractivity contribution in [3.8, 4) is 5.75 Å². The van der Waals surface area contributed by atoms with Crippen molar-refractivity contribution in [1.29, 1.82) is 0 Å². The summed E-state index contributed by atoms with van der Waals surface area (Å²) in [5.74, 6) is 1.53. The van der Waals surface area contributed by atoms with Crippen molar-refractivity contribution in [3.63, 3.8) is 0 Å². The fourth-order valence-corrected chi connectivity index (χ4v) is 3.93. The van der Waals surface area contributed by atoms with Crippen molar-refractivity contribution < 1.29 is 9.84 Å². The van der Waals surface area contributed by atoms with Gasteiger partial charge in [0.2, 0.25) is 0 Å². The second-order valence-corrected chi connectivity index (χ2v) is 8.90. The Balaban J connectivity index is 1.99. The number of aliphatic hydroxyl groups is 1. The molecule has 2 aromatic heterocycles. The van der Waals surface area contributed by atoms with Crippen molar-refractivity contribution in [2.45, 2.75) is 65.6 Å². The molecule has 1 aromatic carbocycles. The molecule has 0 spiro atoms. The van der Waals surface area contributed by atoms with Crippen LogP contribution in [0.4, 0.5) is 0 Å². The Labute approximate surface area is 188 Å². The highest BCUT2D eigenvalue weighted by molar-refractivity contribution is 5.80. The van der Waals surface area contributed by atoms with Crippen LogP contribution in [0.15, 0.2) is 29.1 Å². The Kier molecular flexibility index (Phi) is 7.63. The zero-order chi connectivity index (χ0) is 23.3. The lowest BCUT2D eigenvalue weighted by Crippen LogP contribution is -2.36. The number of aromatic amines is 1. The summed E-state index contributed by atoms with van der Waals surface area (Å²) < 4.78 is 7.45. The number of nitrogens with one attached hydrogen (secondary N) is 1. The molecular weight excluding hydrogens is 408 g/mol. The van der Waals surface area contributed by atoms with E-state index in [1.165, 1.54) is 0 Å². The molecule has 3 rings (SSSR count). The molecule has 0 amide bonds. The first kappa shape index (κ1) is 23.9. The van der Waals surface area contributed by atoms with E-state index in [1.807, 2.05) is 35.9 Å². The molecule has 0 aliphatic carbocycles. The van der Waals surface area contributed by atoms with Crippen LogP contribution >= 0.6 is 0 Å². The summed E-state index contributed by atoms with van der Waals surface area (Å²) >= 11 is 0. The van der Waals surface area contributed by atoms with Crippen molar-refractivity contribution in [1.82, 2.24) is 30.1 Å². The number of rotatable bonds is 10. The van der Waals surface area contributed by atoms with E-state index in [1.54, 1.807) is 0 Å². The highest BCUT2D eigenvalue weighted by Crippen LogP contribution is 2.28. The van der Waals surface area contributed by atoms with E-state index in [0.29, 0.717) is 31.7 Å². The van der Waals surface area contributed by atoms with E-state index in [9.17, 15) is 9.90 Å². The van der Waals surface area contributed by atoms with Gasteiger partial charge in [-0.05, 0) is 75.2 Å². The van der Waals surface area contributed by atoms with E-state index in [-0.39, 0.29) is 23.7 Å². The highest BCUT2D eigenvalue weighted by Gasteiger charge is 2.29. The average Bonchev–Trinajstić information content (AvgIpc) is 3.23. The summed E-state index contributed by atoms with van der Waals surface area (Å²) in [4.78, 5) is 18.0. The highest BCUT2D eigenvalue weighted by atomic mass is 16.5. The van der Waals surface area contributed by atoms with Gasteiger partial charge in [-0.2, -0.15) is 0 Å². The van der Waals surface area contributed by atoms with E-state index in [0.717, 1.165) is 28.9 Å². The van der Waals surface area contributed by atoms with E-state index in [4.69, 9.17) is 4.74 Å². The molecule has 3 aromatic rings. The number of ether oxygens (including phenoxy) is 1. The Hall–Kier alpha value is -2.78. The minimum Gasteiger partial charge on any atom is -0.494 e. The quantitative estimate of drug-likeness (QED) is 0.497. The first-order chi connectivity index (χ1) is 15.3. The van der Waals surface area contributed by atoms with Gasteiger partial charge in [-0.15, -0.1) is 5.10 Å². The van der Waals surface area contributed by atoms with Gasteiger partial charge in [0, 0.05) is 36.2 Å². The van der Waals surface area contributed by atoms with Crippen molar-refractivity contribution in [2.75, 3.05) is 19.8 Å². The molecule has 0 aliphatic heterocycles. The van der Waals surface area contributed by atoms with Crippen LogP contribution in [-0.4, -0.2) is 55.0 Å². The van der Waals surface area contributed by atoms with Crippen LogP contribution in [0.1, 0.15) is 64.9 Å². The Morgan fingerprint density at radius 1 is 1.25 bits per heavy atom. The third kappa shape index (κ3) is 5.34. The molecule has 0 saturated heterocycles.